The van der Waals surface area contributed by atoms with Crippen LogP contribution in [0.15, 0.2) is 18.3 Å². The van der Waals surface area contributed by atoms with E-state index in [0.717, 1.165) is 31.6 Å². The number of aromatic nitrogens is 1. The van der Waals surface area contributed by atoms with E-state index < -0.39 is 0 Å². The molecule has 0 aliphatic carbocycles. The third kappa shape index (κ3) is 4.92. The summed E-state index contributed by atoms with van der Waals surface area (Å²) < 4.78 is 0. The van der Waals surface area contributed by atoms with Gasteiger partial charge in [0.05, 0.1) is 17.3 Å². The molecule has 0 amide bonds. The standard InChI is InChI=1S/C12H19ClN2O/c1-2-3-6-15(7-8-16)10-12-5-4-11(13)9-14-12/h4-5,9,16H,2-3,6-8,10H2,1H3. The van der Waals surface area contributed by atoms with E-state index in [2.05, 4.69) is 16.8 Å². The number of unbranched alkanes of at least 4 members (excludes halogenated alkanes) is 1. The molecule has 0 aromatic carbocycles. The highest BCUT2D eigenvalue weighted by Gasteiger charge is 2.05. The Labute approximate surface area is 102 Å². The van der Waals surface area contributed by atoms with Crippen molar-refractivity contribution in [2.75, 3.05) is 19.7 Å². The molecule has 0 radical (unpaired) electrons. The summed E-state index contributed by atoms with van der Waals surface area (Å²) in [6, 6.07) is 3.78. The number of pyridine rings is 1. The topological polar surface area (TPSA) is 36.4 Å². The summed E-state index contributed by atoms with van der Waals surface area (Å²) in [7, 11) is 0. The fraction of sp³-hybridized carbons (Fsp3) is 0.583. The number of aliphatic hydroxyl groups excluding tert-OH is 1. The van der Waals surface area contributed by atoms with Gasteiger partial charge in [0.2, 0.25) is 0 Å². The Kier molecular flexibility index (Phi) is 6.38. The SMILES string of the molecule is CCCCN(CCO)Cc1ccc(Cl)cn1. The van der Waals surface area contributed by atoms with Gasteiger partial charge in [-0.1, -0.05) is 24.9 Å². The van der Waals surface area contributed by atoms with Gasteiger partial charge in [0.15, 0.2) is 0 Å². The van der Waals surface area contributed by atoms with Gasteiger partial charge in [-0.25, -0.2) is 0 Å². The Morgan fingerprint density at radius 2 is 2.19 bits per heavy atom. The number of halogens is 1. The second kappa shape index (κ2) is 7.60. The van der Waals surface area contributed by atoms with Crippen molar-refractivity contribution in [3.05, 3.63) is 29.0 Å². The van der Waals surface area contributed by atoms with Gasteiger partial charge in [0, 0.05) is 19.3 Å². The van der Waals surface area contributed by atoms with Crippen LogP contribution in [0.3, 0.4) is 0 Å². The zero-order valence-electron chi connectivity index (χ0n) is 9.69. The van der Waals surface area contributed by atoms with Crippen molar-refractivity contribution in [1.82, 2.24) is 9.88 Å². The minimum atomic E-state index is 0.192. The van der Waals surface area contributed by atoms with Crippen LogP contribution >= 0.6 is 11.6 Å². The van der Waals surface area contributed by atoms with Crippen molar-refractivity contribution >= 4 is 11.6 Å². The molecule has 0 fully saturated rings. The van der Waals surface area contributed by atoms with Gasteiger partial charge in [0.25, 0.3) is 0 Å². The van der Waals surface area contributed by atoms with E-state index in [1.807, 2.05) is 12.1 Å². The molecule has 90 valence electrons. The first-order valence-electron chi connectivity index (χ1n) is 5.70. The van der Waals surface area contributed by atoms with Gasteiger partial charge in [-0.15, -0.1) is 0 Å². The molecule has 1 heterocycles. The molecule has 1 rings (SSSR count). The Morgan fingerprint density at radius 1 is 1.38 bits per heavy atom. The Bertz CT molecular complexity index is 290. The minimum absolute atomic E-state index is 0.192. The van der Waals surface area contributed by atoms with Gasteiger partial charge in [-0.2, -0.15) is 0 Å². The maximum atomic E-state index is 8.97. The zero-order valence-corrected chi connectivity index (χ0v) is 10.5. The quantitative estimate of drug-likeness (QED) is 0.797. The lowest BCUT2D eigenvalue weighted by Gasteiger charge is -2.20. The van der Waals surface area contributed by atoms with E-state index in [1.165, 1.54) is 0 Å². The van der Waals surface area contributed by atoms with Crippen LogP contribution in [-0.4, -0.2) is 34.7 Å². The van der Waals surface area contributed by atoms with Crippen LogP contribution in [-0.2, 0) is 6.54 Å². The van der Waals surface area contributed by atoms with E-state index >= 15 is 0 Å². The largest absolute Gasteiger partial charge is 0.395 e. The van der Waals surface area contributed by atoms with Gasteiger partial charge >= 0.3 is 0 Å². The summed E-state index contributed by atoms with van der Waals surface area (Å²) in [5.41, 5.74) is 0.994. The molecule has 1 N–H and O–H groups in total. The van der Waals surface area contributed by atoms with Gasteiger partial charge in [-0.3, -0.25) is 9.88 Å². The predicted molar refractivity (Wildman–Crippen MR) is 66.5 cm³/mol. The second-order valence-electron chi connectivity index (χ2n) is 3.82. The van der Waals surface area contributed by atoms with Crippen molar-refractivity contribution < 1.29 is 5.11 Å². The molecule has 16 heavy (non-hydrogen) atoms. The van der Waals surface area contributed by atoms with Crippen molar-refractivity contribution in [2.45, 2.75) is 26.3 Å². The normalized spacial score (nSPS) is 11.0. The molecule has 4 heteroatoms. The van der Waals surface area contributed by atoms with E-state index in [1.54, 1.807) is 6.20 Å². The first kappa shape index (κ1) is 13.4. The molecule has 1 aromatic rings. The Hall–Kier alpha value is -0.640. The molecular formula is C12H19ClN2O. The van der Waals surface area contributed by atoms with Crippen molar-refractivity contribution in [3.8, 4) is 0 Å². The average Bonchev–Trinajstić information content (AvgIpc) is 2.29. The van der Waals surface area contributed by atoms with Crippen LogP contribution in [0.1, 0.15) is 25.5 Å². The van der Waals surface area contributed by atoms with Gasteiger partial charge in [0.1, 0.15) is 0 Å². The minimum Gasteiger partial charge on any atom is -0.395 e. The summed E-state index contributed by atoms with van der Waals surface area (Å²) in [5, 5.41) is 9.63. The molecule has 0 aliphatic rings. The third-order valence-electron chi connectivity index (χ3n) is 2.42. The molecule has 0 atom stereocenters. The molecule has 0 spiro atoms. The zero-order chi connectivity index (χ0) is 11.8. The fourth-order valence-electron chi connectivity index (χ4n) is 1.52. The van der Waals surface area contributed by atoms with Gasteiger partial charge < -0.3 is 5.11 Å². The Morgan fingerprint density at radius 3 is 2.75 bits per heavy atom. The highest BCUT2D eigenvalue weighted by molar-refractivity contribution is 6.30. The lowest BCUT2D eigenvalue weighted by atomic mass is 10.3. The van der Waals surface area contributed by atoms with Crippen LogP contribution < -0.4 is 0 Å². The number of rotatable bonds is 7. The van der Waals surface area contributed by atoms with E-state index in [0.29, 0.717) is 11.6 Å². The van der Waals surface area contributed by atoms with Crippen LogP contribution in [0.4, 0.5) is 0 Å². The number of hydrogen-bond donors (Lipinski definition) is 1. The molecule has 0 saturated heterocycles. The molecule has 0 unspecified atom stereocenters. The molecular weight excluding hydrogens is 224 g/mol. The average molecular weight is 243 g/mol. The molecule has 0 aliphatic heterocycles. The van der Waals surface area contributed by atoms with Gasteiger partial charge in [-0.05, 0) is 25.1 Å². The summed E-state index contributed by atoms with van der Waals surface area (Å²) in [5.74, 6) is 0. The molecule has 1 aromatic heterocycles. The lowest BCUT2D eigenvalue weighted by molar-refractivity contribution is 0.187. The van der Waals surface area contributed by atoms with E-state index in [9.17, 15) is 0 Å². The monoisotopic (exact) mass is 242 g/mol. The van der Waals surface area contributed by atoms with E-state index in [-0.39, 0.29) is 6.61 Å². The summed E-state index contributed by atoms with van der Waals surface area (Å²) >= 11 is 5.78. The third-order valence-corrected chi connectivity index (χ3v) is 2.64. The molecule has 0 saturated carbocycles. The summed E-state index contributed by atoms with van der Waals surface area (Å²) in [6.45, 7) is 4.83. The first-order chi connectivity index (χ1) is 7.76. The summed E-state index contributed by atoms with van der Waals surface area (Å²) in [4.78, 5) is 6.46. The highest BCUT2D eigenvalue weighted by atomic mass is 35.5. The van der Waals surface area contributed by atoms with E-state index in [4.69, 9.17) is 16.7 Å². The Balaban J connectivity index is 2.49. The smallest absolute Gasteiger partial charge is 0.0589 e. The van der Waals surface area contributed by atoms with Crippen LogP contribution in [0, 0.1) is 0 Å². The second-order valence-corrected chi connectivity index (χ2v) is 4.26. The maximum absolute atomic E-state index is 8.97. The number of aliphatic hydroxyl groups is 1. The number of hydrogen-bond acceptors (Lipinski definition) is 3. The lowest BCUT2D eigenvalue weighted by Crippen LogP contribution is -2.27. The van der Waals surface area contributed by atoms with Crippen molar-refractivity contribution in [1.29, 1.82) is 0 Å². The molecule has 0 bridgehead atoms. The molecule has 3 nitrogen and oxygen atoms in total. The van der Waals surface area contributed by atoms with Crippen LogP contribution in [0.25, 0.3) is 0 Å². The maximum Gasteiger partial charge on any atom is 0.0589 e. The summed E-state index contributed by atoms with van der Waals surface area (Å²) in [6.07, 6.45) is 3.97. The first-order valence-corrected chi connectivity index (χ1v) is 6.07. The predicted octanol–water partition coefficient (Wildman–Crippen LogP) is 2.33. The van der Waals surface area contributed by atoms with Crippen LogP contribution in [0.2, 0.25) is 5.02 Å². The van der Waals surface area contributed by atoms with Crippen LogP contribution in [0.5, 0.6) is 0 Å². The van der Waals surface area contributed by atoms with Crippen molar-refractivity contribution in [2.24, 2.45) is 0 Å². The fourth-order valence-corrected chi connectivity index (χ4v) is 1.63. The highest BCUT2D eigenvalue weighted by Crippen LogP contribution is 2.08. The van der Waals surface area contributed by atoms with Crippen molar-refractivity contribution in [3.63, 3.8) is 0 Å². The number of nitrogens with zero attached hydrogens (tertiary/aromatic N) is 2.